The maximum atomic E-state index is 10.7. The van der Waals surface area contributed by atoms with Crippen molar-refractivity contribution >= 4 is 5.97 Å². The average molecular weight is 211 g/mol. The van der Waals surface area contributed by atoms with Crippen molar-refractivity contribution in [2.45, 2.75) is 31.5 Å². The van der Waals surface area contributed by atoms with Crippen molar-refractivity contribution < 1.29 is 19.4 Å². The maximum absolute atomic E-state index is 10.7. The third-order valence-corrected chi connectivity index (χ3v) is 2.64. The van der Waals surface area contributed by atoms with Crippen molar-refractivity contribution in [1.29, 1.82) is 0 Å². The van der Waals surface area contributed by atoms with E-state index in [1.165, 1.54) is 12.3 Å². The molecule has 0 spiro atoms. The molecule has 5 nitrogen and oxygen atoms in total. The Labute approximate surface area is 86.7 Å². The Balaban J connectivity index is 1.88. The van der Waals surface area contributed by atoms with Gasteiger partial charge in [0.2, 0.25) is 0 Å². The van der Waals surface area contributed by atoms with Gasteiger partial charge in [0.1, 0.15) is 11.3 Å². The number of rotatable bonds is 4. The van der Waals surface area contributed by atoms with E-state index in [4.69, 9.17) is 14.6 Å². The zero-order chi connectivity index (χ0) is 10.8. The molecule has 1 aliphatic carbocycles. The molecule has 1 fully saturated rings. The highest BCUT2D eigenvalue weighted by Gasteiger charge is 2.27. The molecular formula is C10H13NO4. The van der Waals surface area contributed by atoms with E-state index in [1.54, 1.807) is 0 Å². The van der Waals surface area contributed by atoms with Crippen molar-refractivity contribution in [3.05, 3.63) is 23.7 Å². The van der Waals surface area contributed by atoms with E-state index in [9.17, 15) is 4.79 Å². The van der Waals surface area contributed by atoms with Crippen molar-refractivity contribution in [1.82, 2.24) is 5.32 Å². The molecule has 0 bridgehead atoms. The van der Waals surface area contributed by atoms with E-state index < -0.39 is 5.97 Å². The summed E-state index contributed by atoms with van der Waals surface area (Å²) in [5.41, 5.74) is 0.197. The first-order chi connectivity index (χ1) is 7.16. The van der Waals surface area contributed by atoms with Gasteiger partial charge in [-0.3, -0.25) is 0 Å². The summed E-state index contributed by atoms with van der Waals surface area (Å²) in [4.78, 5) is 10.7. The van der Waals surface area contributed by atoms with Crippen LogP contribution in [0.3, 0.4) is 0 Å². The first-order valence-electron chi connectivity index (χ1n) is 4.88. The predicted octanol–water partition coefficient (Wildman–Crippen LogP) is 0.591. The van der Waals surface area contributed by atoms with Crippen LogP contribution in [-0.2, 0) is 6.54 Å². The lowest BCUT2D eigenvalue weighted by atomic mass is 9.89. The van der Waals surface area contributed by atoms with Crippen LogP contribution in [0.4, 0.5) is 0 Å². The van der Waals surface area contributed by atoms with Crippen LogP contribution < -0.4 is 5.32 Å². The SMILES string of the molecule is O=C(O)c1ccoc1CNC1CC(O)C1. The molecule has 0 atom stereocenters. The van der Waals surface area contributed by atoms with Gasteiger partial charge in [-0.15, -0.1) is 0 Å². The Hall–Kier alpha value is -1.33. The molecule has 2 rings (SSSR count). The van der Waals surface area contributed by atoms with Crippen LogP contribution >= 0.6 is 0 Å². The van der Waals surface area contributed by atoms with Crippen molar-refractivity contribution in [2.24, 2.45) is 0 Å². The second-order valence-corrected chi connectivity index (χ2v) is 3.77. The Bertz CT molecular complexity index is 354. The number of hydrogen-bond donors (Lipinski definition) is 3. The van der Waals surface area contributed by atoms with Crippen LogP contribution in [0.2, 0.25) is 0 Å². The van der Waals surface area contributed by atoms with Crippen LogP contribution in [-0.4, -0.2) is 28.3 Å². The minimum Gasteiger partial charge on any atom is -0.478 e. The predicted molar refractivity (Wildman–Crippen MR) is 51.5 cm³/mol. The first kappa shape index (κ1) is 10.2. The molecule has 0 aliphatic heterocycles. The van der Waals surface area contributed by atoms with E-state index in [2.05, 4.69) is 5.32 Å². The number of carboxylic acid groups (broad SMARTS) is 1. The Kier molecular flexibility index (Phi) is 2.75. The zero-order valence-corrected chi connectivity index (χ0v) is 8.14. The maximum Gasteiger partial charge on any atom is 0.339 e. The Morgan fingerprint density at radius 3 is 2.93 bits per heavy atom. The number of aliphatic hydroxyl groups is 1. The number of furan rings is 1. The summed E-state index contributed by atoms with van der Waals surface area (Å²) in [5, 5.41) is 21.0. The van der Waals surface area contributed by atoms with Crippen molar-refractivity contribution in [3.8, 4) is 0 Å². The van der Waals surface area contributed by atoms with Gasteiger partial charge >= 0.3 is 5.97 Å². The van der Waals surface area contributed by atoms with Crippen LogP contribution in [0.5, 0.6) is 0 Å². The lowest BCUT2D eigenvalue weighted by Gasteiger charge is -2.31. The van der Waals surface area contributed by atoms with Gasteiger partial charge in [-0.2, -0.15) is 0 Å². The highest BCUT2D eigenvalue weighted by Crippen LogP contribution is 2.20. The van der Waals surface area contributed by atoms with E-state index in [-0.39, 0.29) is 17.7 Å². The van der Waals surface area contributed by atoms with Crippen LogP contribution in [0.1, 0.15) is 29.0 Å². The highest BCUT2D eigenvalue weighted by molar-refractivity contribution is 5.88. The number of carbonyl (C=O) groups is 1. The summed E-state index contributed by atoms with van der Waals surface area (Å²) in [6, 6.07) is 1.71. The second-order valence-electron chi connectivity index (χ2n) is 3.77. The van der Waals surface area contributed by atoms with E-state index >= 15 is 0 Å². The molecule has 1 aliphatic rings. The van der Waals surface area contributed by atoms with Gasteiger partial charge in [-0.05, 0) is 18.9 Å². The topological polar surface area (TPSA) is 82.7 Å². The van der Waals surface area contributed by atoms with Crippen molar-refractivity contribution in [3.63, 3.8) is 0 Å². The zero-order valence-electron chi connectivity index (χ0n) is 8.14. The number of carboxylic acids is 1. The molecule has 3 N–H and O–H groups in total. The number of hydrogen-bond acceptors (Lipinski definition) is 4. The molecule has 0 radical (unpaired) electrons. The molecule has 0 unspecified atom stereocenters. The normalized spacial score (nSPS) is 24.9. The molecule has 1 saturated carbocycles. The quantitative estimate of drug-likeness (QED) is 0.679. The fraction of sp³-hybridized carbons (Fsp3) is 0.500. The molecule has 15 heavy (non-hydrogen) atoms. The summed E-state index contributed by atoms with van der Waals surface area (Å²) in [6.45, 7) is 0.395. The monoisotopic (exact) mass is 211 g/mol. The Morgan fingerprint density at radius 2 is 2.33 bits per heavy atom. The molecule has 1 aromatic heterocycles. The van der Waals surface area contributed by atoms with Crippen LogP contribution in [0, 0.1) is 0 Å². The first-order valence-corrected chi connectivity index (χ1v) is 4.88. The third kappa shape index (κ3) is 2.19. The fourth-order valence-corrected chi connectivity index (χ4v) is 1.66. The van der Waals surface area contributed by atoms with Gasteiger partial charge in [-0.25, -0.2) is 4.79 Å². The second kappa shape index (κ2) is 4.04. The molecule has 0 amide bonds. The van der Waals surface area contributed by atoms with E-state index in [0.717, 1.165) is 12.8 Å². The standard InChI is InChI=1S/C10H13NO4/c12-7-3-6(4-7)11-5-9-8(10(13)14)1-2-15-9/h1-2,6-7,11-12H,3-5H2,(H,13,14). The lowest BCUT2D eigenvalue weighted by Crippen LogP contribution is -2.43. The van der Waals surface area contributed by atoms with Gasteiger partial charge in [0.15, 0.2) is 0 Å². The minimum atomic E-state index is -0.978. The van der Waals surface area contributed by atoms with E-state index in [0.29, 0.717) is 12.3 Å². The highest BCUT2D eigenvalue weighted by atomic mass is 16.4. The van der Waals surface area contributed by atoms with Crippen molar-refractivity contribution in [2.75, 3.05) is 0 Å². The van der Waals surface area contributed by atoms with Gasteiger partial charge in [-0.1, -0.05) is 0 Å². The largest absolute Gasteiger partial charge is 0.478 e. The summed E-state index contributed by atoms with van der Waals surface area (Å²) < 4.78 is 5.07. The third-order valence-electron chi connectivity index (χ3n) is 2.64. The summed E-state index contributed by atoms with van der Waals surface area (Å²) >= 11 is 0. The van der Waals surface area contributed by atoms with Crippen LogP contribution in [0.15, 0.2) is 16.7 Å². The molecule has 0 aromatic carbocycles. The smallest absolute Gasteiger partial charge is 0.339 e. The number of aromatic carboxylic acids is 1. The number of nitrogens with one attached hydrogen (secondary N) is 1. The van der Waals surface area contributed by atoms with Gasteiger partial charge in [0.05, 0.1) is 18.9 Å². The molecular weight excluding hydrogens is 198 g/mol. The van der Waals surface area contributed by atoms with Gasteiger partial charge in [0, 0.05) is 6.04 Å². The summed E-state index contributed by atoms with van der Waals surface area (Å²) in [6.07, 6.45) is 2.61. The minimum absolute atomic E-state index is 0.197. The fourth-order valence-electron chi connectivity index (χ4n) is 1.66. The molecule has 1 heterocycles. The van der Waals surface area contributed by atoms with Gasteiger partial charge < -0.3 is 19.9 Å². The Morgan fingerprint density at radius 1 is 1.60 bits per heavy atom. The number of aliphatic hydroxyl groups excluding tert-OH is 1. The van der Waals surface area contributed by atoms with Crippen LogP contribution in [0.25, 0.3) is 0 Å². The lowest BCUT2D eigenvalue weighted by molar-refractivity contribution is 0.0604. The molecule has 5 heteroatoms. The van der Waals surface area contributed by atoms with E-state index in [1.807, 2.05) is 0 Å². The molecule has 1 aromatic rings. The van der Waals surface area contributed by atoms with Gasteiger partial charge in [0.25, 0.3) is 0 Å². The summed E-state index contributed by atoms with van der Waals surface area (Å²) in [5.74, 6) is -0.543. The molecule has 82 valence electrons. The summed E-state index contributed by atoms with van der Waals surface area (Å²) in [7, 11) is 0. The average Bonchev–Trinajstić information content (AvgIpc) is 2.58. The molecule has 0 saturated heterocycles.